The molecule has 94 valence electrons. The summed E-state index contributed by atoms with van der Waals surface area (Å²) in [5, 5.41) is 0. The number of hydrogen-bond donors (Lipinski definition) is 0. The maximum atomic E-state index is 2.50. The van der Waals surface area contributed by atoms with Crippen molar-refractivity contribution in [2.24, 2.45) is 23.7 Å². The van der Waals surface area contributed by atoms with Crippen LogP contribution in [0.5, 0.6) is 0 Å². The molecule has 0 radical (unpaired) electrons. The molecule has 0 nitrogen and oxygen atoms in total. The maximum Gasteiger partial charge on any atom is -0.0383 e. The van der Waals surface area contributed by atoms with Gasteiger partial charge in [0.15, 0.2) is 0 Å². The van der Waals surface area contributed by atoms with Gasteiger partial charge in [-0.25, -0.2) is 0 Å². The first-order valence-corrected chi connectivity index (χ1v) is 7.79. The smallest absolute Gasteiger partial charge is 0.0383 e. The van der Waals surface area contributed by atoms with Gasteiger partial charge in [0.05, 0.1) is 0 Å². The van der Waals surface area contributed by atoms with E-state index in [-0.39, 0.29) is 0 Å². The van der Waals surface area contributed by atoms with Gasteiger partial charge in [0.2, 0.25) is 0 Å². The van der Waals surface area contributed by atoms with Crippen LogP contribution in [0.2, 0.25) is 0 Å². The van der Waals surface area contributed by atoms with Gasteiger partial charge in [-0.1, -0.05) is 65.2 Å². The highest BCUT2D eigenvalue weighted by Crippen LogP contribution is 2.40. The van der Waals surface area contributed by atoms with Crippen molar-refractivity contribution in [1.82, 2.24) is 0 Å². The van der Waals surface area contributed by atoms with Crippen LogP contribution in [0.4, 0.5) is 0 Å². The standard InChI is InChI=1S/C16H30/c1-3-13(2)16(12-15-9-6-10-15)11-14-7-4-5-8-14/h13-16H,3-12H2,1-2H3. The molecule has 0 aromatic rings. The van der Waals surface area contributed by atoms with Crippen molar-refractivity contribution < 1.29 is 0 Å². The third-order valence-electron chi connectivity index (χ3n) is 5.42. The summed E-state index contributed by atoms with van der Waals surface area (Å²) in [6.07, 6.45) is 15.2. The molecule has 0 aromatic carbocycles. The molecule has 0 spiro atoms. The summed E-state index contributed by atoms with van der Waals surface area (Å²) >= 11 is 0. The Balaban J connectivity index is 1.80. The van der Waals surface area contributed by atoms with Crippen LogP contribution in [-0.4, -0.2) is 0 Å². The molecule has 2 fully saturated rings. The van der Waals surface area contributed by atoms with E-state index in [1.165, 1.54) is 51.4 Å². The minimum atomic E-state index is 0.973. The molecular weight excluding hydrogens is 192 g/mol. The molecule has 0 heteroatoms. The van der Waals surface area contributed by atoms with Gasteiger partial charge >= 0.3 is 0 Å². The van der Waals surface area contributed by atoms with E-state index in [9.17, 15) is 0 Å². The van der Waals surface area contributed by atoms with Crippen molar-refractivity contribution in [2.75, 3.05) is 0 Å². The topological polar surface area (TPSA) is 0 Å². The first kappa shape index (κ1) is 12.5. The van der Waals surface area contributed by atoms with Crippen LogP contribution in [0.1, 0.15) is 78.1 Å². The van der Waals surface area contributed by atoms with Crippen LogP contribution in [0.15, 0.2) is 0 Å². The lowest BCUT2D eigenvalue weighted by Crippen LogP contribution is -2.22. The highest BCUT2D eigenvalue weighted by molar-refractivity contribution is 4.79. The first-order chi connectivity index (χ1) is 7.79. The molecule has 2 aliphatic rings. The fraction of sp³-hybridized carbons (Fsp3) is 1.00. The van der Waals surface area contributed by atoms with Crippen molar-refractivity contribution in [2.45, 2.75) is 78.1 Å². The van der Waals surface area contributed by atoms with Crippen molar-refractivity contribution in [1.29, 1.82) is 0 Å². The molecule has 2 rings (SSSR count). The fourth-order valence-electron chi connectivity index (χ4n) is 3.73. The highest BCUT2D eigenvalue weighted by atomic mass is 14.3. The van der Waals surface area contributed by atoms with Crippen LogP contribution in [0, 0.1) is 23.7 Å². The quantitative estimate of drug-likeness (QED) is 0.563. The molecule has 0 N–H and O–H groups in total. The van der Waals surface area contributed by atoms with Crippen LogP contribution in [-0.2, 0) is 0 Å². The summed E-state index contributed by atoms with van der Waals surface area (Å²) in [5.74, 6) is 4.24. The molecular formula is C16H30. The zero-order valence-electron chi connectivity index (χ0n) is 11.4. The Morgan fingerprint density at radius 2 is 1.38 bits per heavy atom. The molecule has 0 heterocycles. The van der Waals surface area contributed by atoms with Crippen LogP contribution in [0.3, 0.4) is 0 Å². The van der Waals surface area contributed by atoms with Gasteiger partial charge in [-0.05, 0) is 36.5 Å². The minimum Gasteiger partial charge on any atom is -0.0651 e. The Kier molecular flexibility index (Phi) is 4.73. The summed E-state index contributed by atoms with van der Waals surface area (Å²) in [6, 6.07) is 0. The summed E-state index contributed by atoms with van der Waals surface area (Å²) < 4.78 is 0. The molecule has 0 aliphatic heterocycles. The molecule has 2 atom stereocenters. The molecule has 16 heavy (non-hydrogen) atoms. The zero-order chi connectivity index (χ0) is 11.4. The van der Waals surface area contributed by atoms with Crippen molar-refractivity contribution in [3.05, 3.63) is 0 Å². The van der Waals surface area contributed by atoms with Gasteiger partial charge in [0, 0.05) is 0 Å². The van der Waals surface area contributed by atoms with E-state index in [1.54, 1.807) is 12.8 Å². The molecule has 0 bridgehead atoms. The van der Waals surface area contributed by atoms with Crippen LogP contribution >= 0.6 is 0 Å². The van der Waals surface area contributed by atoms with Gasteiger partial charge < -0.3 is 0 Å². The van der Waals surface area contributed by atoms with Crippen molar-refractivity contribution >= 4 is 0 Å². The van der Waals surface area contributed by atoms with Gasteiger partial charge in [-0.2, -0.15) is 0 Å². The van der Waals surface area contributed by atoms with E-state index < -0.39 is 0 Å². The fourth-order valence-corrected chi connectivity index (χ4v) is 3.73. The van der Waals surface area contributed by atoms with E-state index >= 15 is 0 Å². The Bertz CT molecular complexity index is 186. The van der Waals surface area contributed by atoms with Gasteiger partial charge in [0.1, 0.15) is 0 Å². The second-order valence-electron chi connectivity index (χ2n) is 6.56. The Morgan fingerprint density at radius 1 is 0.875 bits per heavy atom. The SMILES string of the molecule is CCC(C)C(CC1CCCC1)CC1CCC1. The number of hydrogen-bond acceptors (Lipinski definition) is 0. The third-order valence-corrected chi connectivity index (χ3v) is 5.42. The molecule has 2 saturated carbocycles. The summed E-state index contributed by atoms with van der Waals surface area (Å²) in [7, 11) is 0. The lowest BCUT2D eigenvalue weighted by atomic mass is 9.72. The van der Waals surface area contributed by atoms with E-state index in [0.29, 0.717) is 0 Å². The maximum absolute atomic E-state index is 2.50. The van der Waals surface area contributed by atoms with Crippen LogP contribution in [0.25, 0.3) is 0 Å². The van der Waals surface area contributed by atoms with E-state index in [1.807, 2.05) is 0 Å². The largest absolute Gasteiger partial charge is 0.0651 e. The van der Waals surface area contributed by atoms with E-state index in [0.717, 1.165) is 23.7 Å². The first-order valence-electron chi connectivity index (χ1n) is 7.79. The molecule has 2 aliphatic carbocycles. The summed E-state index contributed by atoms with van der Waals surface area (Å²) in [4.78, 5) is 0. The van der Waals surface area contributed by atoms with Crippen molar-refractivity contribution in [3.63, 3.8) is 0 Å². The summed E-state index contributed by atoms with van der Waals surface area (Å²) in [5.41, 5.74) is 0. The van der Waals surface area contributed by atoms with Gasteiger partial charge in [-0.3, -0.25) is 0 Å². The third kappa shape index (κ3) is 3.25. The minimum absolute atomic E-state index is 0.973. The predicted molar refractivity (Wildman–Crippen MR) is 71.5 cm³/mol. The molecule has 0 amide bonds. The second kappa shape index (κ2) is 6.07. The average Bonchev–Trinajstić information content (AvgIpc) is 2.73. The lowest BCUT2D eigenvalue weighted by Gasteiger charge is -2.33. The Labute approximate surface area is 102 Å². The molecule has 0 saturated heterocycles. The van der Waals surface area contributed by atoms with E-state index in [4.69, 9.17) is 0 Å². The normalized spacial score (nSPS) is 26.6. The Hall–Kier alpha value is 0. The summed E-state index contributed by atoms with van der Waals surface area (Å²) in [6.45, 7) is 4.88. The highest BCUT2D eigenvalue weighted by Gasteiger charge is 2.28. The Morgan fingerprint density at radius 3 is 1.75 bits per heavy atom. The van der Waals surface area contributed by atoms with Crippen LogP contribution < -0.4 is 0 Å². The van der Waals surface area contributed by atoms with Gasteiger partial charge in [-0.15, -0.1) is 0 Å². The zero-order valence-corrected chi connectivity index (χ0v) is 11.4. The second-order valence-corrected chi connectivity index (χ2v) is 6.56. The van der Waals surface area contributed by atoms with E-state index in [2.05, 4.69) is 13.8 Å². The predicted octanol–water partition coefficient (Wildman–Crippen LogP) is 5.42. The average molecular weight is 222 g/mol. The molecule has 0 aromatic heterocycles. The molecule has 2 unspecified atom stereocenters. The lowest BCUT2D eigenvalue weighted by molar-refractivity contribution is 0.179. The van der Waals surface area contributed by atoms with Crippen molar-refractivity contribution in [3.8, 4) is 0 Å². The number of rotatable bonds is 6. The monoisotopic (exact) mass is 222 g/mol. The van der Waals surface area contributed by atoms with Gasteiger partial charge in [0.25, 0.3) is 0 Å².